The zero-order chi connectivity index (χ0) is 11.4. The minimum atomic E-state index is 0.873. The maximum Gasteiger partial charge on any atom is 0.0187 e. The van der Waals surface area contributed by atoms with Crippen LogP contribution >= 0.6 is 11.8 Å². The van der Waals surface area contributed by atoms with Crippen LogP contribution < -0.4 is 0 Å². The number of benzene rings is 1. The molecule has 0 bridgehead atoms. The summed E-state index contributed by atoms with van der Waals surface area (Å²) in [6, 6.07) is 8.95. The van der Waals surface area contributed by atoms with Gasteiger partial charge in [-0.05, 0) is 45.5 Å². The number of piperidine rings is 1. The average molecular weight is 235 g/mol. The van der Waals surface area contributed by atoms with Gasteiger partial charge >= 0.3 is 0 Å². The second kappa shape index (κ2) is 5.74. The third kappa shape index (κ3) is 3.53. The van der Waals surface area contributed by atoms with Crippen LogP contribution in [0.3, 0.4) is 0 Å². The lowest BCUT2D eigenvalue weighted by Gasteiger charge is -2.28. The Morgan fingerprint density at radius 2 is 1.81 bits per heavy atom. The molecule has 0 atom stereocenters. The highest BCUT2D eigenvalue weighted by atomic mass is 32.2. The third-order valence-corrected chi connectivity index (χ3v) is 4.71. The van der Waals surface area contributed by atoms with Crippen molar-refractivity contribution < 1.29 is 0 Å². The average Bonchev–Trinajstić information content (AvgIpc) is 2.30. The van der Waals surface area contributed by atoms with E-state index in [0.717, 1.165) is 5.25 Å². The van der Waals surface area contributed by atoms with Crippen LogP contribution in [0.25, 0.3) is 0 Å². The standard InChI is InChI=1S/C14H21NS/c1-12-3-5-13(6-4-12)11-16-14-7-9-15(2)10-8-14/h3-6,14H,7-11H2,1-2H3. The Morgan fingerprint density at radius 1 is 1.19 bits per heavy atom. The molecule has 1 aromatic carbocycles. The van der Waals surface area contributed by atoms with E-state index in [1.54, 1.807) is 0 Å². The predicted molar refractivity (Wildman–Crippen MR) is 73.0 cm³/mol. The van der Waals surface area contributed by atoms with E-state index in [0.29, 0.717) is 0 Å². The first-order chi connectivity index (χ1) is 7.74. The molecule has 1 nitrogen and oxygen atoms in total. The number of hydrogen-bond acceptors (Lipinski definition) is 2. The molecule has 1 aromatic rings. The van der Waals surface area contributed by atoms with E-state index in [1.165, 1.54) is 42.8 Å². The molecule has 0 spiro atoms. The summed E-state index contributed by atoms with van der Waals surface area (Å²) in [5.74, 6) is 1.18. The fraction of sp³-hybridized carbons (Fsp3) is 0.571. The Bertz CT molecular complexity index is 312. The summed E-state index contributed by atoms with van der Waals surface area (Å²) in [5, 5.41) is 0.873. The summed E-state index contributed by atoms with van der Waals surface area (Å²) in [6.07, 6.45) is 2.71. The largest absolute Gasteiger partial charge is 0.306 e. The summed E-state index contributed by atoms with van der Waals surface area (Å²) in [4.78, 5) is 2.43. The number of rotatable bonds is 3. The highest BCUT2D eigenvalue weighted by molar-refractivity contribution is 7.99. The van der Waals surface area contributed by atoms with Crippen molar-refractivity contribution in [1.82, 2.24) is 4.90 Å². The second-order valence-corrected chi connectivity index (χ2v) is 6.09. The third-order valence-electron chi connectivity index (χ3n) is 3.27. The van der Waals surface area contributed by atoms with Gasteiger partial charge in [-0.15, -0.1) is 0 Å². The summed E-state index contributed by atoms with van der Waals surface area (Å²) in [7, 11) is 2.22. The second-order valence-electron chi connectivity index (χ2n) is 4.80. The number of thioether (sulfide) groups is 1. The summed E-state index contributed by atoms with van der Waals surface area (Å²) >= 11 is 2.13. The minimum absolute atomic E-state index is 0.873. The van der Waals surface area contributed by atoms with Crippen molar-refractivity contribution in [3.63, 3.8) is 0 Å². The van der Waals surface area contributed by atoms with E-state index in [9.17, 15) is 0 Å². The normalized spacial score (nSPS) is 18.9. The van der Waals surface area contributed by atoms with E-state index in [1.807, 2.05) is 0 Å². The van der Waals surface area contributed by atoms with Crippen molar-refractivity contribution in [2.75, 3.05) is 20.1 Å². The molecule has 2 heteroatoms. The first kappa shape index (κ1) is 12.0. The molecule has 1 heterocycles. The highest BCUT2D eigenvalue weighted by Crippen LogP contribution is 2.26. The van der Waals surface area contributed by atoms with Gasteiger partial charge in [0.05, 0.1) is 0 Å². The van der Waals surface area contributed by atoms with Crippen molar-refractivity contribution in [3.8, 4) is 0 Å². The molecule has 1 fully saturated rings. The van der Waals surface area contributed by atoms with E-state index in [2.05, 4.69) is 54.9 Å². The molecule has 88 valence electrons. The highest BCUT2D eigenvalue weighted by Gasteiger charge is 2.16. The van der Waals surface area contributed by atoms with Crippen molar-refractivity contribution >= 4 is 11.8 Å². The fourth-order valence-electron chi connectivity index (χ4n) is 2.05. The molecule has 0 aromatic heterocycles. The maximum atomic E-state index is 2.43. The molecule has 1 aliphatic heterocycles. The zero-order valence-corrected chi connectivity index (χ0v) is 11.1. The Morgan fingerprint density at radius 3 is 2.44 bits per heavy atom. The van der Waals surface area contributed by atoms with Crippen molar-refractivity contribution in [1.29, 1.82) is 0 Å². The van der Waals surface area contributed by atoms with Crippen LogP contribution in [0, 0.1) is 6.92 Å². The van der Waals surface area contributed by atoms with Gasteiger partial charge in [-0.3, -0.25) is 0 Å². The van der Waals surface area contributed by atoms with Crippen LogP contribution in [-0.2, 0) is 5.75 Å². The predicted octanol–water partition coefficient (Wildman–Crippen LogP) is 3.32. The number of likely N-dealkylation sites (tertiary alicyclic amines) is 1. The Hall–Kier alpha value is -0.470. The van der Waals surface area contributed by atoms with Crippen LogP contribution in [0.5, 0.6) is 0 Å². The van der Waals surface area contributed by atoms with E-state index < -0.39 is 0 Å². The molecule has 16 heavy (non-hydrogen) atoms. The van der Waals surface area contributed by atoms with Crippen LogP contribution in [-0.4, -0.2) is 30.3 Å². The van der Waals surface area contributed by atoms with E-state index in [-0.39, 0.29) is 0 Å². The van der Waals surface area contributed by atoms with Crippen LogP contribution in [0.15, 0.2) is 24.3 Å². The van der Waals surface area contributed by atoms with E-state index >= 15 is 0 Å². The molecule has 2 rings (SSSR count). The monoisotopic (exact) mass is 235 g/mol. The fourth-order valence-corrected chi connectivity index (χ4v) is 3.21. The van der Waals surface area contributed by atoms with Gasteiger partial charge in [0.15, 0.2) is 0 Å². The van der Waals surface area contributed by atoms with E-state index in [4.69, 9.17) is 0 Å². The number of hydrogen-bond donors (Lipinski definition) is 0. The number of aryl methyl sites for hydroxylation is 1. The quantitative estimate of drug-likeness (QED) is 0.790. The summed E-state index contributed by atoms with van der Waals surface area (Å²) in [5.41, 5.74) is 2.82. The maximum absolute atomic E-state index is 2.43. The lowest BCUT2D eigenvalue weighted by Crippen LogP contribution is -2.31. The van der Waals surface area contributed by atoms with Crippen molar-refractivity contribution in [2.45, 2.75) is 30.8 Å². The summed E-state index contributed by atoms with van der Waals surface area (Å²) < 4.78 is 0. The molecule has 1 saturated heterocycles. The Balaban J connectivity index is 1.77. The molecule has 1 aliphatic rings. The Labute approximate surface area is 103 Å². The topological polar surface area (TPSA) is 3.24 Å². The van der Waals surface area contributed by atoms with Crippen LogP contribution in [0.4, 0.5) is 0 Å². The van der Waals surface area contributed by atoms with Crippen molar-refractivity contribution in [2.24, 2.45) is 0 Å². The molecular formula is C14H21NS. The van der Waals surface area contributed by atoms with Crippen LogP contribution in [0.1, 0.15) is 24.0 Å². The SMILES string of the molecule is Cc1ccc(CSC2CCN(C)CC2)cc1. The van der Waals surface area contributed by atoms with Gasteiger partial charge in [0.25, 0.3) is 0 Å². The van der Waals surface area contributed by atoms with Gasteiger partial charge < -0.3 is 4.90 Å². The van der Waals surface area contributed by atoms with Gasteiger partial charge in [-0.25, -0.2) is 0 Å². The van der Waals surface area contributed by atoms with Gasteiger partial charge in [0.2, 0.25) is 0 Å². The van der Waals surface area contributed by atoms with Gasteiger partial charge in [0, 0.05) is 11.0 Å². The molecule has 0 saturated carbocycles. The molecular weight excluding hydrogens is 214 g/mol. The van der Waals surface area contributed by atoms with Crippen LogP contribution in [0.2, 0.25) is 0 Å². The first-order valence-electron chi connectivity index (χ1n) is 6.10. The zero-order valence-electron chi connectivity index (χ0n) is 10.3. The van der Waals surface area contributed by atoms with Crippen molar-refractivity contribution in [3.05, 3.63) is 35.4 Å². The molecule has 0 aliphatic carbocycles. The van der Waals surface area contributed by atoms with Gasteiger partial charge in [-0.1, -0.05) is 29.8 Å². The van der Waals surface area contributed by atoms with Gasteiger partial charge in [-0.2, -0.15) is 11.8 Å². The first-order valence-corrected chi connectivity index (χ1v) is 7.14. The van der Waals surface area contributed by atoms with Gasteiger partial charge in [0.1, 0.15) is 0 Å². The smallest absolute Gasteiger partial charge is 0.0187 e. The molecule has 0 unspecified atom stereocenters. The number of nitrogens with zero attached hydrogens (tertiary/aromatic N) is 1. The molecule has 0 N–H and O–H groups in total. The molecule has 0 radical (unpaired) electrons. The minimum Gasteiger partial charge on any atom is -0.306 e. The lowest BCUT2D eigenvalue weighted by molar-refractivity contribution is 0.282. The Kier molecular flexibility index (Phi) is 4.30. The summed E-state index contributed by atoms with van der Waals surface area (Å²) in [6.45, 7) is 4.69. The molecule has 0 amide bonds. The lowest BCUT2D eigenvalue weighted by atomic mass is 10.1.